The number of benzene rings is 2. The van der Waals surface area contributed by atoms with Gasteiger partial charge in [-0.1, -0.05) is 35.3 Å². The highest BCUT2D eigenvalue weighted by Crippen LogP contribution is 2.29. The molecule has 3 nitrogen and oxygen atoms in total. The predicted molar refractivity (Wildman–Crippen MR) is 88.0 cm³/mol. The Labute approximate surface area is 132 Å². The summed E-state index contributed by atoms with van der Waals surface area (Å²) < 4.78 is 5.13. The van der Waals surface area contributed by atoms with Gasteiger partial charge < -0.3 is 10.1 Å². The molecule has 0 fully saturated rings. The Balaban J connectivity index is 1.94. The van der Waals surface area contributed by atoms with Crippen LogP contribution >= 0.6 is 23.2 Å². The second-order valence-corrected chi connectivity index (χ2v) is 5.30. The number of hydrogen-bond acceptors (Lipinski definition) is 3. The summed E-state index contributed by atoms with van der Waals surface area (Å²) >= 11 is 12.3. The molecule has 0 aliphatic rings. The first-order chi connectivity index (χ1) is 10.2. The van der Waals surface area contributed by atoms with Crippen LogP contribution in [0, 0.1) is 0 Å². The van der Waals surface area contributed by atoms with E-state index in [0.29, 0.717) is 21.6 Å². The monoisotopic (exact) mass is 318 g/mol. The summed E-state index contributed by atoms with van der Waals surface area (Å²) in [6, 6.07) is 15.1. The number of rotatable bonds is 3. The van der Waals surface area contributed by atoms with E-state index in [1.165, 1.54) is 0 Å². The number of methoxy groups -OCH3 is 1. The fraction of sp³-hybridized carbons (Fsp3) is 0.0625. The van der Waals surface area contributed by atoms with E-state index >= 15 is 0 Å². The van der Waals surface area contributed by atoms with Crippen LogP contribution in [0.25, 0.3) is 10.9 Å². The molecule has 1 aromatic heterocycles. The summed E-state index contributed by atoms with van der Waals surface area (Å²) in [5.41, 5.74) is 1.60. The smallest absolute Gasteiger partial charge is 0.137 e. The molecule has 106 valence electrons. The van der Waals surface area contributed by atoms with Crippen molar-refractivity contribution < 1.29 is 4.74 Å². The number of para-hydroxylation sites is 1. The van der Waals surface area contributed by atoms with E-state index in [2.05, 4.69) is 10.3 Å². The van der Waals surface area contributed by atoms with Gasteiger partial charge in [0, 0.05) is 11.1 Å². The van der Waals surface area contributed by atoms with E-state index in [-0.39, 0.29) is 0 Å². The third kappa shape index (κ3) is 2.89. The molecule has 0 aliphatic carbocycles. The Bertz CT molecular complexity index is 805. The molecule has 3 rings (SSSR count). The van der Waals surface area contributed by atoms with Crippen LogP contribution in [-0.4, -0.2) is 12.1 Å². The molecule has 0 bridgehead atoms. The van der Waals surface area contributed by atoms with Crippen LogP contribution in [-0.2, 0) is 0 Å². The van der Waals surface area contributed by atoms with Crippen molar-refractivity contribution in [2.75, 3.05) is 12.4 Å². The zero-order valence-electron chi connectivity index (χ0n) is 11.2. The summed E-state index contributed by atoms with van der Waals surface area (Å²) in [5, 5.41) is 5.38. The van der Waals surface area contributed by atoms with E-state index < -0.39 is 0 Å². The molecule has 0 radical (unpaired) electrons. The summed E-state index contributed by atoms with van der Waals surface area (Å²) in [7, 11) is 1.58. The molecule has 1 heterocycles. The van der Waals surface area contributed by atoms with Crippen LogP contribution in [0.3, 0.4) is 0 Å². The lowest BCUT2D eigenvalue weighted by Gasteiger charge is -2.09. The Kier molecular flexibility index (Phi) is 3.86. The number of hydrogen-bond donors (Lipinski definition) is 1. The van der Waals surface area contributed by atoms with Crippen LogP contribution in [0.2, 0.25) is 10.0 Å². The van der Waals surface area contributed by atoms with Crippen LogP contribution in [0.4, 0.5) is 11.5 Å². The Hall–Kier alpha value is -1.97. The maximum absolute atomic E-state index is 6.17. The van der Waals surface area contributed by atoms with Crippen molar-refractivity contribution >= 4 is 45.6 Å². The van der Waals surface area contributed by atoms with Crippen LogP contribution in [0.1, 0.15) is 0 Å². The molecular weight excluding hydrogens is 307 g/mol. The fourth-order valence-electron chi connectivity index (χ4n) is 2.07. The van der Waals surface area contributed by atoms with Crippen LogP contribution in [0.15, 0.2) is 48.5 Å². The predicted octanol–water partition coefficient (Wildman–Crippen LogP) is 5.29. The minimum atomic E-state index is 0.543. The fourth-order valence-corrected chi connectivity index (χ4v) is 2.55. The zero-order chi connectivity index (χ0) is 14.8. The summed E-state index contributed by atoms with van der Waals surface area (Å²) in [5.74, 6) is 1.34. The van der Waals surface area contributed by atoms with Crippen molar-refractivity contribution in [3.05, 3.63) is 58.6 Å². The SMILES string of the molecule is COc1ccc(Nc2ccc3cccc(Cl)c3n2)cc1Cl. The van der Waals surface area contributed by atoms with Gasteiger partial charge in [-0.25, -0.2) is 4.98 Å². The summed E-state index contributed by atoms with van der Waals surface area (Å²) in [6.07, 6.45) is 0. The van der Waals surface area contributed by atoms with Crippen molar-refractivity contribution in [2.24, 2.45) is 0 Å². The minimum Gasteiger partial charge on any atom is -0.495 e. The number of anilines is 2. The van der Waals surface area contributed by atoms with E-state index in [0.717, 1.165) is 16.6 Å². The Morgan fingerprint density at radius 1 is 1.00 bits per heavy atom. The maximum atomic E-state index is 6.17. The number of halogens is 2. The molecule has 0 saturated heterocycles. The molecule has 2 aromatic carbocycles. The average molecular weight is 319 g/mol. The lowest BCUT2D eigenvalue weighted by molar-refractivity contribution is 0.415. The molecule has 3 aromatic rings. The molecule has 0 saturated carbocycles. The number of aromatic nitrogens is 1. The van der Waals surface area contributed by atoms with Crippen molar-refractivity contribution in [3.63, 3.8) is 0 Å². The molecule has 0 unspecified atom stereocenters. The Morgan fingerprint density at radius 3 is 2.62 bits per heavy atom. The first-order valence-electron chi connectivity index (χ1n) is 6.33. The normalized spacial score (nSPS) is 10.6. The lowest BCUT2D eigenvalue weighted by Crippen LogP contribution is -1.94. The van der Waals surface area contributed by atoms with Gasteiger partial charge in [0.2, 0.25) is 0 Å². The van der Waals surface area contributed by atoms with Gasteiger partial charge in [-0.3, -0.25) is 0 Å². The van der Waals surface area contributed by atoms with Crippen LogP contribution < -0.4 is 10.1 Å². The van der Waals surface area contributed by atoms with Crippen molar-refractivity contribution in [2.45, 2.75) is 0 Å². The third-order valence-electron chi connectivity index (χ3n) is 3.10. The molecule has 0 amide bonds. The minimum absolute atomic E-state index is 0.543. The first kappa shape index (κ1) is 14.0. The van der Waals surface area contributed by atoms with E-state index in [4.69, 9.17) is 27.9 Å². The second kappa shape index (κ2) is 5.80. The van der Waals surface area contributed by atoms with Gasteiger partial charge in [-0.05, 0) is 36.4 Å². The number of fused-ring (bicyclic) bond motifs is 1. The maximum Gasteiger partial charge on any atom is 0.137 e. The van der Waals surface area contributed by atoms with Crippen molar-refractivity contribution in [3.8, 4) is 5.75 Å². The van der Waals surface area contributed by atoms with E-state index in [1.807, 2.05) is 36.4 Å². The quantitative estimate of drug-likeness (QED) is 0.712. The van der Waals surface area contributed by atoms with Gasteiger partial charge in [0.05, 0.1) is 22.7 Å². The van der Waals surface area contributed by atoms with Crippen LogP contribution in [0.5, 0.6) is 5.75 Å². The highest BCUT2D eigenvalue weighted by Gasteiger charge is 2.05. The Morgan fingerprint density at radius 2 is 1.86 bits per heavy atom. The zero-order valence-corrected chi connectivity index (χ0v) is 12.7. The first-order valence-corrected chi connectivity index (χ1v) is 7.09. The molecule has 0 aliphatic heterocycles. The molecule has 21 heavy (non-hydrogen) atoms. The molecule has 5 heteroatoms. The average Bonchev–Trinajstić information content (AvgIpc) is 2.48. The highest BCUT2D eigenvalue weighted by atomic mass is 35.5. The number of nitrogens with zero attached hydrogens (tertiary/aromatic N) is 1. The summed E-state index contributed by atoms with van der Waals surface area (Å²) in [4.78, 5) is 4.52. The summed E-state index contributed by atoms with van der Waals surface area (Å²) in [6.45, 7) is 0. The van der Waals surface area contributed by atoms with Crippen molar-refractivity contribution in [1.82, 2.24) is 4.98 Å². The highest BCUT2D eigenvalue weighted by molar-refractivity contribution is 6.35. The molecule has 1 N–H and O–H groups in total. The van der Waals surface area contributed by atoms with Gasteiger partial charge in [0.25, 0.3) is 0 Å². The molecule has 0 atom stereocenters. The van der Waals surface area contributed by atoms with E-state index in [9.17, 15) is 0 Å². The third-order valence-corrected chi connectivity index (χ3v) is 3.70. The van der Waals surface area contributed by atoms with Gasteiger partial charge in [0.15, 0.2) is 0 Å². The van der Waals surface area contributed by atoms with Gasteiger partial charge in [-0.15, -0.1) is 0 Å². The molecular formula is C16H12Cl2N2O. The lowest BCUT2D eigenvalue weighted by atomic mass is 10.2. The molecule has 0 spiro atoms. The van der Waals surface area contributed by atoms with Gasteiger partial charge >= 0.3 is 0 Å². The topological polar surface area (TPSA) is 34.1 Å². The van der Waals surface area contributed by atoms with E-state index in [1.54, 1.807) is 19.2 Å². The largest absolute Gasteiger partial charge is 0.495 e. The standard InChI is InChI=1S/C16H12Cl2N2O/c1-21-14-7-6-11(9-13(14)18)19-15-8-5-10-3-2-4-12(17)16(10)20-15/h2-9H,1H3,(H,19,20). The second-order valence-electron chi connectivity index (χ2n) is 4.48. The van der Waals surface area contributed by atoms with Gasteiger partial charge in [0.1, 0.15) is 11.6 Å². The number of ether oxygens (including phenoxy) is 1. The van der Waals surface area contributed by atoms with Crippen molar-refractivity contribution in [1.29, 1.82) is 0 Å². The number of nitrogens with one attached hydrogen (secondary N) is 1. The van der Waals surface area contributed by atoms with Gasteiger partial charge in [-0.2, -0.15) is 0 Å². The number of pyridine rings is 1.